The molecule has 1 aliphatic rings. The molecule has 1 aliphatic heterocycles. The molecular formula is C34H60N2. The van der Waals surface area contributed by atoms with Gasteiger partial charge in [0.25, 0.3) is 0 Å². The van der Waals surface area contributed by atoms with Crippen molar-refractivity contribution >= 4 is 5.69 Å². The zero-order valence-corrected chi connectivity index (χ0v) is 24.3. The lowest BCUT2D eigenvalue weighted by molar-refractivity contribution is 0.273. The van der Waals surface area contributed by atoms with E-state index in [0.717, 1.165) is 0 Å². The summed E-state index contributed by atoms with van der Waals surface area (Å²) in [6.45, 7) is 5.81. The number of anilines is 1. The van der Waals surface area contributed by atoms with Crippen LogP contribution in [0.15, 0.2) is 42.7 Å². The predicted octanol–water partition coefficient (Wildman–Crippen LogP) is 11.2. The standard InChI is InChI=1S/C34H60N2/c1-3-5-7-9-11-13-14-15-16-18-20-25-29-34-35(30-26-21-19-17-12-10-8-6-4-2)31-32-36(34)33-27-23-22-24-28-33/h22-24,27-28,31-32,34H,3-21,25-26,29-30H2,1-2H3. The molecule has 0 amide bonds. The Bertz CT molecular complexity index is 625. The maximum atomic E-state index is 2.63. The van der Waals surface area contributed by atoms with Crippen LogP contribution in [0, 0.1) is 0 Å². The number of hydrogen-bond acceptors (Lipinski definition) is 2. The van der Waals surface area contributed by atoms with Crippen LogP contribution in [0.25, 0.3) is 0 Å². The molecule has 0 N–H and O–H groups in total. The van der Waals surface area contributed by atoms with E-state index in [-0.39, 0.29) is 0 Å². The van der Waals surface area contributed by atoms with Gasteiger partial charge in [-0.05, 0) is 31.4 Å². The zero-order valence-electron chi connectivity index (χ0n) is 24.3. The van der Waals surface area contributed by atoms with Crippen LogP contribution in [0.2, 0.25) is 0 Å². The van der Waals surface area contributed by atoms with Crippen molar-refractivity contribution in [1.82, 2.24) is 4.90 Å². The van der Waals surface area contributed by atoms with Gasteiger partial charge in [-0.2, -0.15) is 0 Å². The van der Waals surface area contributed by atoms with Gasteiger partial charge in [-0.25, -0.2) is 0 Å². The second kappa shape index (κ2) is 21.6. The maximum absolute atomic E-state index is 2.63. The summed E-state index contributed by atoms with van der Waals surface area (Å²) in [6, 6.07) is 11.0. The fraction of sp³-hybridized carbons (Fsp3) is 0.765. The molecule has 206 valence electrons. The largest absolute Gasteiger partial charge is 0.356 e. The number of hydrogen-bond donors (Lipinski definition) is 0. The van der Waals surface area contributed by atoms with Crippen molar-refractivity contribution < 1.29 is 0 Å². The van der Waals surface area contributed by atoms with Gasteiger partial charge in [-0.15, -0.1) is 0 Å². The SMILES string of the molecule is CCCCCCCCCCCCCCC1N(CCCCCCCCCCC)C=CN1c1ccccc1. The van der Waals surface area contributed by atoms with Crippen molar-refractivity contribution in [3.63, 3.8) is 0 Å². The molecule has 0 spiro atoms. The van der Waals surface area contributed by atoms with Crippen molar-refractivity contribution in [2.75, 3.05) is 11.4 Å². The molecule has 0 saturated carbocycles. The lowest BCUT2D eigenvalue weighted by atomic mass is 10.0. The van der Waals surface area contributed by atoms with E-state index in [9.17, 15) is 0 Å². The van der Waals surface area contributed by atoms with Crippen LogP contribution in [-0.2, 0) is 0 Å². The van der Waals surface area contributed by atoms with E-state index in [1.165, 1.54) is 153 Å². The molecule has 2 nitrogen and oxygen atoms in total. The Kier molecular flexibility index (Phi) is 18.5. The van der Waals surface area contributed by atoms with Gasteiger partial charge in [-0.3, -0.25) is 0 Å². The lowest BCUT2D eigenvalue weighted by Crippen LogP contribution is -2.39. The van der Waals surface area contributed by atoms with Gasteiger partial charge < -0.3 is 9.80 Å². The summed E-state index contributed by atoms with van der Waals surface area (Å²) in [5, 5.41) is 0. The molecule has 0 aromatic heterocycles. The number of rotatable bonds is 24. The topological polar surface area (TPSA) is 6.48 Å². The highest BCUT2D eigenvalue weighted by atomic mass is 15.4. The van der Waals surface area contributed by atoms with Crippen LogP contribution in [0.3, 0.4) is 0 Å². The second-order valence-corrected chi connectivity index (χ2v) is 11.3. The van der Waals surface area contributed by atoms with E-state index >= 15 is 0 Å². The van der Waals surface area contributed by atoms with E-state index in [4.69, 9.17) is 0 Å². The second-order valence-electron chi connectivity index (χ2n) is 11.3. The molecule has 1 aromatic rings. The first-order chi connectivity index (χ1) is 17.9. The number of unbranched alkanes of at least 4 members (excludes halogenated alkanes) is 19. The van der Waals surface area contributed by atoms with Crippen LogP contribution >= 0.6 is 0 Å². The van der Waals surface area contributed by atoms with Crippen molar-refractivity contribution in [3.05, 3.63) is 42.7 Å². The Labute approximate surface area is 225 Å². The summed E-state index contributed by atoms with van der Waals surface area (Å²) in [7, 11) is 0. The minimum absolute atomic E-state index is 0.504. The van der Waals surface area contributed by atoms with E-state index in [0.29, 0.717) is 6.17 Å². The molecule has 1 heterocycles. The summed E-state index contributed by atoms with van der Waals surface area (Å²) < 4.78 is 0. The van der Waals surface area contributed by atoms with Gasteiger partial charge in [0.05, 0.1) is 0 Å². The van der Waals surface area contributed by atoms with Crippen molar-refractivity contribution in [1.29, 1.82) is 0 Å². The van der Waals surface area contributed by atoms with Crippen molar-refractivity contribution in [2.24, 2.45) is 0 Å². The first-order valence-electron chi connectivity index (χ1n) is 16.1. The smallest absolute Gasteiger partial charge is 0.105 e. The average molecular weight is 497 g/mol. The monoisotopic (exact) mass is 496 g/mol. The summed E-state index contributed by atoms with van der Waals surface area (Å²) in [6.07, 6.45) is 36.2. The number of nitrogens with zero attached hydrogens (tertiary/aromatic N) is 2. The maximum Gasteiger partial charge on any atom is 0.105 e. The number of para-hydroxylation sites is 1. The minimum atomic E-state index is 0.504. The third-order valence-electron chi connectivity index (χ3n) is 8.01. The zero-order chi connectivity index (χ0) is 25.5. The Morgan fingerprint density at radius 3 is 1.44 bits per heavy atom. The molecular weight excluding hydrogens is 436 g/mol. The lowest BCUT2D eigenvalue weighted by Gasteiger charge is -2.33. The summed E-state index contributed by atoms with van der Waals surface area (Å²) in [4.78, 5) is 5.15. The average Bonchev–Trinajstić information content (AvgIpc) is 3.31. The molecule has 1 unspecified atom stereocenters. The van der Waals surface area contributed by atoms with Gasteiger partial charge in [0.2, 0.25) is 0 Å². The molecule has 0 bridgehead atoms. The number of benzene rings is 1. The fourth-order valence-corrected chi connectivity index (χ4v) is 5.68. The molecule has 1 atom stereocenters. The Morgan fingerprint density at radius 2 is 0.944 bits per heavy atom. The van der Waals surface area contributed by atoms with Gasteiger partial charge in [0.15, 0.2) is 0 Å². The van der Waals surface area contributed by atoms with E-state index in [2.05, 4.69) is 66.4 Å². The highest BCUT2D eigenvalue weighted by Crippen LogP contribution is 2.28. The molecule has 2 heteroatoms. The Morgan fingerprint density at radius 1 is 0.500 bits per heavy atom. The van der Waals surface area contributed by atoms with Crippen LogP contribution in [0.1, 0.15) is 155 Å². The Balaban J connectivity index is 1.61. The first kappa shape index (κ1) is 30.8. The van der Waals surface area contributed by atoms with Crippen LogP contribution in [-0.4, -0.2) is 17.6 Å². The van der Waals surface area contributed by atoms with E-state index < -0.39 is 0 Å². The van der Waals surface area contributed by atoms with Gasteiger partial charge in [0, 0.05) is 24.6 Å². The van der Waals surface area contributed by atoms with Gasteiger partial charge in [0.1, 0.15) is 6.17 Å². The molecule has 0 aliphatic carbocycles. The molecule has 0 fully saturated rings. The van der Waals surface area contributed by atoms with Gasteiger partial charge >= 0.3 is 0 Å². The predicted molar refractivity (Wildman–Crippen MR) is 161 cm³/mol. The molecule has 36 heavy (non-hydrogen) atoms. The van der Waals surface area contributed by atoms with Gasteiger partial charge in [-0.1, -0.05) is 154 Å². The normalized spacial score (nSPS) is 15.3. The molecule has 0 saturated heterocycles. The highest BCUT2D eigenvalue weighted by molar-refractivity contribution is 5.51. The first-order valence-corrected chi connectivity index (χ1v) is 16.1. The Hall–Kier alpha value is -1.44. The quantitative estimate of drug-likeness (QED) is 0.131. The van der Waals surface area contributed by atoms with E-state index in [1.54, 1.807) is 0 Å². The third kappa shape index (κ3) is 13.8. The van der Waals surface area contributed by atoms with Crippen LogP contribution in [0.5, 0.6) is 0 Å². The summed E-state index contributed by atoms with van der Waals surface area (Å²) in [5.74, 6) is 0. The van der Waals surface area contributed by atoms with Crippen LogP contribution < -0.4 is 4.90 Å². The van der Waals surface area contributed by atoms with Crippen LogP contribution in [0.4, 0.5) is 5.69 Å². The fourth-order valence-electron chi connectivity index (χ4n) is 5.68. The minimum Gasteiger partial charge on any atom is -0.356 e. The van der Waals surface area contributed by atoms with E-state index in [1.807, 2.05) is 0 Å². The summed E-state index contributed by atoms with van der Waals surface area (Å²) in [5.41, 5.74) is 1.34. The highest BCUT2D eigenvalue weighted by Gasteiger charge is 2.26. The summed E-state index contributed by atoms with van der Waals surface area (Å²) >= 11 is 0. The molecule has 1 aromatic carbocycles. The van der Waals surface area contributed by atoms with Crippen molar-refractivity contribution in [3.8, 4) is 0 Å². The molecule has 2 rings (SSSR count). The third-order valence-corrected chi connectivity index (χ3v) is 8.01. The van der Waals surface area contributed by atoms with Crippen molar-refractivity contribution in [2.45, 2.75) is 161 Å². The molecule has 0 radical (unpaired) electrons.